The molecule has 2 aromatic rings. The molecule has 1 unspecified atom stereocenters. The molecule has 0 spiro atoms. The van der Waals surface area contributed by atoms with Gasteiger partial charge in [0.05, 0.1) is 18.3 Å². The summed E-state index contributed by atoms with van der Waals surface area (Å²) >= 11 is 6.07. The third-order valence-electron chi connectivity index (χ3n) is 3.02. The molecule has 0 fully saturated rings. The number of anilines is 1. The number of rotatable bonds is 6. The van der Waals surface area contributed by atoms with Gasteiger partial charge in [-0.05, 0) is 31.5 Å². The first-order valence-corrected chi connectivity index (χ1v) is 7.15. The zero-order valence-electron chi connectivity index (χ0n) is 12.1. The lowest BCUT2D eigenvalue weighted by atomic mass is 10.2. The minimum Gasteiger partial charge on any atom is -0.491 e. The predicted octanol–water partition coefficient (Wildman–Crippen LogP) is 4.04. The first-order valence-electron chi connectivity index (χ1n) is 6.78. The van der Waals surface area contributed by atoms with Crippen molar-refractivity contribution in [2.45, 2.75) is 26.3 Å². The Hall–Kier alpha value is -1.68. The van der Waals surface area contributed by atoms with E-state index in [1.165, 1.54) is 0 Å². The molecule has 0 aliphatic carbocycles. The summed E-state index contributed by atoms with van der Waals surface area (Å²) in [5.74, 6) is 1.78. The van der Waals surface area contributed by atoms with Crippen molar-refractivity contribution in [3.8, 4) is 5.75 Å². The van der Waals surface area contributed by atoms with Gasteiger partial charge in [0.15, 0.2) is 0 Å². The maximum atomic E-state index is 6.07. The normalized spacial score (nSPS) is 12.2. The van der Waals surface area contributed by atoms with Gasteiger partial charge in [0.1, 0.15) is 11.6 Å². The van der Waals surface area contributed by atoms with E-state index in [2.05, 4.69) is 24.1 Å². The molecule has 0 aliphatic heterocycles. The SMILES string of the molecule is CCCOc1ccc(Cl)cc1NC(C)c1nccn1C. The summed E-state index contributed by atoms with van der Waals surface area (Å²) in [6.45, 7) is 4.83. The van der Waals surface area contributed by atoms with Crippen LogP contribution in [0, 0.1) is 0 Å². The average molecular weight is 294 g/mol. The van der Waals surface area contributed by atoms with Crippen LogP contribution in [0.4, 0.5) is 5.69 Å². The molecule has 1 aromatic heterocycles. The number of aromatic nitrogens is 2. The molecule has 0 amide bonds. The summed E-state index contributed by atoms with van der Waals surface area (Å²) < 4.78 is 7.74. The summed E-state index contributed by atoms with van der Waals surface area (Å²) in [7, 11) is 1.98. The molecular weight excluding hydrogens is 274 g/mol. The highest BCUT2D eigenvalue weighted by atomic mass is 35.5. The van der Waals surface area contributed by atoms with Gasteiger partial charge in [-0.15, -0.1) is 0 Å². The third-order valence-corrected chi connectivity index (χ3v) is 3.26. The molecule has 1 heterocycles. The molecule has 1 N–H and O–H groups in total. The van der Waals surface area contributed by atoms with Gasteiger partial charge in [0, 0.05) is 24.5 Å². The van der Waals surface area contributed by atoms with Gasteiger partial charge < -0.3 is 14.6 Å². The molecule has 0 bridgehead atoms. The number of aryl methyl sites for hydroxylation is 1. The third kappa shape index (κ3) is 3.45. The fraction of sp³-hybridized carbons (Fsp3) is 0.400. The van der Waals surface area contributed by atoms with E-state index in [4.69, 9.17) is 16.3 Å². The van der Waals surface area contributed by atoms with E-state index in [1.54, 1.807) is 6.20 Å². The van der Waals surface area contributed by atoms with Crippen molar-refractivity contribution in [1.29, 1.82) is 0 Å². The molecule has 1 atom stereocenters. The lowest BCUT2D eigenvalue weighted by Gasteiger charge is -2.18. The van der Waals surface area contributed by atoms with Crippen molar-refractivity contribution >= 4 is 17.3 Å². The van der Waals surface area contributed by atoms with Crippen molar-refractivity contribution < 1.29 is 4.74 Å². The van der Waals surface area contributed by atoms with Crippen LogP contribution in [0.3, 0.4) is 0 Å². The van der Waals surface area contributed by atoms with E-state index >= 15 is 0 Å². The summed E-state index contributed by atoms with van der Waals surface area (Å²) in [5.41, 5.74) is 0.890. The molecular formula is C15H20ClN3O. The Balaban J connectivity index is 2.19. The molecule has 20 heavy (non-hydrogen) atoms. The first kappa shape index (κ1) is 14.7. The Morgan fingerprint density at radius 3 is 2.90 bits per heavy atom. The van der Waals surface area contributed by atoms with Crippen LogP contribution in [0.15, 0.2) is 30.6 Å². The second kappa shape index (κ2) is 6.66. The quantitative estimate of drug-likeness (QED) is 0.874. The van der Waals surface area contributed by atoms with Gasteiger partial charge >= 0.3 is 0 Å². The van der Waals surface area contributed by atoms with E-state index in [0.717, 1.165) is 23.7 Å². The summed E-state index contributed by atoms with van der Waals surface area (Å²) in [6, 6.07) is 5.68. The number of halogens is 1. The Bertz CT molecular complexity index is 568. The van der Waals surface area contributed by atoms with Crippen LogP contribution in [-0.4, -0.2) is 16.2 Å². The van der Waals surface area contributed by atoms with Gasteiger partial charge in [0.25, 0.3) is 0 Å². The van der Waals surface area contributed by atoms with Crippen LogP contribution in [0.1, 0.15) is 32.1 Å². The Morgan fingerprint density at radius 2 is 2.25 bits per heavy atom. The lowest BCUT2D eigenvalue weighted by Crippen LogP contribution is -2.12. The highest BCUT2D eigenvalue weighted by molar-refractivity contribution is 6.30. The maximum absolute atomic E-state index is 6.07. The first-order chi connectivity index (χ1) is 9.61. The largest absolute Gasteiger partial charge is 0.491 e. The van der Waals surface area contributed by atoms with Crippen molar-refractivity contribution in [3.05, 3.63) is 41.4 Å². The monoisotopic (exact) mass is 293 g/mol. The zero-order chi connectivity index (χ0) is 14.5. The topological polar surface area (TPSA) is 39.1 Å². The molecule has 5 heteroatoms. The molecule has 2 rings (SSSR count). The second-order valence-electron chi connectivity index (χ2n) is 4.75. The maximum Gasteiger partial charge on any atom is 0.142 e. The highest BCUT2D eigenvalue weighted by Gasteiger charge is 2.13. The Labute approximate surface area is 124 Å². The van der Waals surface area contributed by atoms with Crippen LogP contribution in [0.25, 0.3) is 0 Å². The standard InChI is InChI=1S/C15H20ClN3O/c1-4-9-20-14-6-5-12(16)10-13(14)18-11(2)15-17-7-8-19(15)3/h5-8,10-11,18H,4,9H2,1-3H3. The minimum absolute atomic E-state index is 0.0671. The van der Waals surface area contributed by atoms with Crippen LogP contribution in [0.5, 0.6) is 5.75 Å². The van der Waals surface area contributed by atoms with Crippen molar-refractivity contribution in [1.82, 2.24) is 9.55 Å². The summed E-state index contributed by atoms with van der Waals surface area (Å²) in [6.07, 6.45) is 4.69. The number of imidazole rings is 1. The smallest absolute Gasteiger partial charge is 0.142 e. The number of hydrogen-bond donors (Lipinski definition) is 1. The predicted molar refractivity (Wildman–Crippen MR) is 82.5 cm³/mol. The molecule has 0 aliphatic rings. The minimum atomic E-state index is 0.0671. The van der Waals surface area contributed by atoms with Gasteiger partial charge in [0.2, 0.25) is 0 Å². The molecule has 1 aromatic carbocycles. The molecule has 108 valence electrons. The molecule has 0 saturated carbocycles. The average Bonchev–Trinajstić information content (AvgIpc) is 2.84. The van der Waals surface area contributed by atoms with E-state index in [9.17, 15) is 0 Å². The van der Waals surface area contributed by atoms with Crippen molar-refractivity contribution in [2.75, 3.05) is 11.9 Å². The van der Waals surface area contributed by atoms with E-state index in [0.29, 0.717) is 11.6 Å². The van der Waals surface area contributed by atoms with Gasteiger partial charge in [-0.25, -0.2) is 4.98 Å². The summed E-state index contributed by atoms with van der Waals surface area (Å²) in [4.78, 5) is 4.35. The van der Waals surface area contributed by atoms with E-state index in [-0.39, 0.29) is 6.04 Å². The van der Waals surface area contributed by atoms with Crippen LogP contribution >= 0.6 is 11.6 Å². The molecule has 4 nitrogen and oxygen atoms in total. The van der Waals surface area contributed by atoms with Crippen LogP contribution in [-0.2, 0) is 7.05 Å². The van der Waals surface area contributed by atoms with Gasteiger partial charge in [-0.3, -0.25) is 0 Å². The second-order valence-corrected chi connectivity index (χ2v) is 5.19. The Kier molecular flexibility index (Phi) is 4.90. The fourth-order valence-electron chi connectivity index (χ4n) is 2.05. The molecule has 0 saturated heterocycles. The van der Waals surface area contributed by atoms with Crippen molar-refractivity contribution in [3.63, 3.8) is 0 Å². The fourth-order valence-corrected chi connectivity index (χ4v) is 2.22. The van der Waals surface area contributed by atoms with Gasteiger partial charge in [-0.2, -0.15) is 0 Å². The highest BCUT2D eigenvalue weighted by Crippen LogP contribution is 2.31. The number of ether oxygens (including phenoxy) is 1. The van der Waals surface area contributed by atoms with E-state index in [1.807, 2.05) is 36.0 Å². The lowest BCUT2D eigenvalue weighted by molar-refractivity contribution is 0.318. The number of benzene rings is 1. The van der Waals surface area contributed by atoms with Crippen molar-refractivity contribution in [2.24, 2.45) is 7.05 Å². The number of hydrogen-bond acceptors (Lipinski definition) is 3. The Morgan fingerprint density at radius 1 is 1.45 bits per heavy atom. The van der Waals surface area contributed by atoms with E-state index < -0.39 is 0 Å². The summed E-state index contributed by atoms with van der Waals surface area (Å²) in [5, 5.41) is 4.09. The number of nitrogens with zero attached hydrogens (tertiary/aromatic N) is 2. The zero-order valence-corrected chi connectivity index (χ0v) is 12.8. The van der Waals surface area contributed by atoms with Crippen LogP contribution < -0.4 is 10.1 Å². The van der Waals surface area contributed by atoms with Crippen LogP contribution in [0.2, 0.25) is 5.02 Å². The molecule has 0 radical (unpaired) electrons. The van der Waals surface area contributed by atoms with Gasteiger partial charge in [-0.1, -0.05) is 18.5 Å². The number of nitrogens with one attached hydrogen (secondary N) is 1.